The third-order valence-corrected chi connectivity index (χ3v) is 3.01. The third kappa shape index (κ3) is 1.56. The summed E-state index contributed by atoms with van der Waals surface area (Å²) in [6.07, 6.45) is 4.72. The Kier molecular flexibility index (Phi) is 2.31. The first kappa shape index (κ1) is 9.70. The molecule has 1 aliphatic carbocycles. The summed E-state index contributed by atoms with van der Waals surface area (Å²) in [6, 6.07) is 5.40. The van der Waals surface area contributed by atoms with Crippen LogP contribution in [0.5, 0.6) is 0 Å². The monoisotopic (exact) mass is 218 g/mol. The number of hydrogen-bond acceptors (Lipinski definition) is 2. The fraction of sp³-hybridized carbons (Fsp3) is 0.308. The van der Waals surface area contributed by atoms with Crippen molar-refractivity contribution in [2.24, 2.45) is 0 Å². The van der Waals surface area contributed by atoms with E-state index in [0.717, 1.165) is 36.2 Å². The third-order valence-electron chi connectivity index (χ3n) is 3.01. The van der Waals surface area contributed by atoms with Gasteiger partial charge in [0, 0.05) is 18.7 Å². The standard InChI is InChI=1S/C13H13FNO/c14-11-8-10-4-5-12(13(10)16-9-11)15-6-2-1-3-7-15/h4-6,8-9H,1-3,7H2. The minimum Gasteiger partial charge on any atom is -0.459 e. The number of anilines is 1. The van der Waals surface area contributed by atoms with Gasteiger partial charge in [-0.05, 0) is 37.5 Å². The number of nitrogens with zero attached hydrogens (tertiary/aromatic N) is 1. The molecule has 0 aromatic carbocycles. The topological polar surface area (TPSA) is 16.4 Å². The van der Waals surface area contributed by atoms with Gasteiger partial charge in [0.25, 0.3) is 0 Å². The molecule has 1 fully saturated rings. The van der Waals surface area contributed by atoms with E-state index in [0.29, 0.717) is 0 Å². The van der Waals surface area contributed by atoms with Crippen LogP contribution in [0.3, 0.4) is 0 Å². The van der Waals surface area contributed by atoms with Crippen LogP contribution in [0.4, 0.5) is 10.1 Å². The first-order chi connectivity index (χ1) is 7.84. The molecule has 0 atom stereocenters. The van der Waals surface area contributed by atoms with E-state index in [9.17, 15) is 4.39 Å². The molecular weight excluding hydrogens is 205 g/mol. The minimum absolute atomic E-state index is 0.327. The molecule has 0 bridgehead atoms. The zero-order chi connectivity index (χ0) is 11.0. The van der Waals surface area contributed by atoms with E-state index in [2.05, 4.69) is 11.4 Å². The normalized spacial score (nSPS) is 16.9. The molecule has 1 radical (unpaired) electrons. The molecule has 1 saturated heterocycles. The van der Waals surface area contributed by atoms with Gasteiger partial charge in [-0.15, -0.1) is 0 Å². The predicted molar refractivity (Wildman–Crippen MR) is 60.8 cm³/mol. The second-order valence-corrected chi connectivity index (χ2v) is 4.14. The quantitative estimate of drug-likeness (QED) is 0.726. The molecule has 16 heavy (non-hydrogen) atoms. The van der Waals surface area contributed by atoms with E-state index in [1.165, 1.54) is 18.9 Å². The van der Waals surface area contributed by atoms with Crippen LogP contribution >= 0.6 is 0 Å². The highest BCUT2D eigenvalue weighted by molar-refractivity contribution is 5.78. The van der Waals surface area contributed by atoms with Crippen LogP contribution in [0.1, 0.15) is 19.3 Å². The number of hydrogen-bond donors (Lipinski definition) is 0. The Labute approximate surface area is 94.0 Å². The number of piperidine rings is 1. The molecule has 0 amide bonds. The van der Waals surface area contributed by atoms with E-state index in [1.807, 2.05) is 12.1 Å². The van der Waals surface area contributed by atoms with Crippen molar-refractivity contribution in [3.8, 4) is 11.3 Å². The van der Waals surface area contributed by atoms with Crippen molar-refractivity contribution < 1.29 is 8.81 Å². The maximum atomic E-state index is 13.0. The van der Waals surface area contributed by atoms with E-state index in [1.54, 1.807) is 0 Å². The van der Waals surface area contributed by atoms with E-state index >= 15 is 0 Å². The molecule has 2 nitrogen and oxygen atoms in total. The fourth-order valence-corrected chi connectivity index (χ4v) is 2.22. The highest BCUT2D eigenvalue weighted by Gasteiger charge is 2.20. The van der Waals surface area contributed by atoms with E-state index < -0.39 is 0 Å². The summed E-state index contributed by atoms with van der Waals surface area (Å²) >= 11 is 0. The van der Waals surface area contributed by atoms with Gasteiger partial charge in [-0.3, -0.25) is 0 Å². The van der Waals surface area contributed by atoms with Gasteiger partial charge in [-0.1, -0.05) is 0 Å². The van der Waals surface area contributed by atoms with Crippen molar-refractivity contribution in [1.29, 1.82) is 0 Å². The van der Waals surface area contributed by atoms with Crippen molar-refractivity contribution in [2.45, 2.75) is 19.3 Å². The lowest BCUT2D eigenvalue weighted by molar-refractivity contribution is 0.501. The van der Waals surface area contributed by atoms with Crippen molar-refractivity contribution in [3.05, 3.63) is 36.8 Å². The summed E-state index contributed by atoms with van der Waals surface area (Å²) < 4.78 is 18.3. The van der Waals surface area contributed by atoms with Crippen molar-refractivity contribution in [3.63, 3.8) is 0 Å². The van der Waals surface area contributed by atoms with Gasteiger partial charge in [-0.2, -0.15) is 0 Å². The zero-order valence-electron chi connectivity index (χ0n) is 8.95. The smallest absolute Gasteiger partial charge is 0.158 e. The van der Waals surface area contributed by atoms with Gasteiger partial charge in [0.05, 0.1) is 5.69 Å². The first-order valence-electron chi connectivity index (χ1n) is 5.61. The summed E-state index contributed by atoms with van der Waals surface area (Å²) in [5.41, 5.74) is 1.88. The second-order valence-electron chi connectivity index (χ2n) is 4.14. The maximum Gasteiger partial charge on any atom is 0.158 e. The Morgan fingerprint density at radius 3 is 3.00 bits per heavy atom. The molecular formula is C13H13FNO. The molecule has 0 aromatic rings. The van der Waals surface area contributed by atoms with Gasteiger partial charge in [0.1, 0.15) is 6.26 Å². The Morgan fingerprint density at radius 2 is 2.19 bits per heavy atom. The second kappa shape index (κ2) is 3.81. The summed E-state index contributed by atoms with van der Waals surface area (Å²) in [6.45, 7) is 3.21. The Morgan fingerprint density at radius 1 is 1.25 bits per heavy atom. The first-order valence-corrected chi connectivity index (χ1v) is 5.61. The Balaban J connectivity index is 1.98. The predicted octanol–water partition coefficient (Wildman–Crippen LogP) is 3.68. The molecule has 0 aromatic heterocycles. The molecule has 0 spiro atoms. The van der Waals surface area contributed by atoms with Gasteiger partial charge in [0.15, 0.2) is 11.6 Å². The summed E-state index contributed by atoms with van der Waals surface area (Å²) in [7, 11) is 0. The molecule has 3 aliphatic rings. The number of fused-ring (bicyclic) bond motifs is 1. The van der Waals surface area contributed by atoms with Gasteiger partial charge in [-0.25, -0.2) is 4.39 Å². The van der Waals surface area contributed by atoms with Crippen LogP contribution in [0.25, 0.3) is 11.3 Å². The van der Waals surface area contributed by atoms with Crippen molar-refractivity contribution in [2.75, 3.05) is 11.4 Å². The van der Waals surface area contributed by atoms with Crippen LogP contribution in [-0.2, 0) is 0 Å². The average Bonchev–Trinajstić information content (AvgIpc) is 2.73. The lowest BCUT2D eigenvalue weighted by Gasteiger charge is -2.27. The van der Waals surface area contributed by atoms with Gasteiger partial charge < -0.3 is 9.32 Å². The SMILES string of the molecule is Fc1coc2c(N3[CH]CCCC3)ccc-2c1. The number of rotatable bonds is 1. The Bertz CT molecular complexity index is 459. The fourth-order valence-electron chi connectivity index (χ4n) is 2.22. The molecule has 3 heteroatoms. The van der Waals surface area contributed by atoms with Crippen molar-refractivity contribution in [1.82, 2.24) is 0 Å². The molecule has 0 saturated carbocycles. The van der Waals surface area contributed by atoms with Crippen molar-refractivity contribution >= 4 is 5.69 Å². The van der Waals surface area contributed by atoms with E-state index in [4.69, 9.17) is 4.42 Å². The average molecular weight is 218 g/mol. The summed E-state index contributed by atoms with van der Waals surface area (Å²) in [5, 5.41) is 0. The molecule has 2 heterocycles. The summed E-state index contributed by atoms with van der Waals surface area (Å²) in [4.78, 5) is 2.20. The van der Waals surface area contributed by atoms with Gasteiger partial charge in [0.2, 0.25) is 0 Å². The van der Waals surface area contributed by atoms with Crippen LogP contribution in [-0.4, -0.2) is 6.54 Å². The molecule has 2 aliphatic heterocycles. The minimum atomic E-state index is -0.327. The number of halogens is 1. The molecule has 3 rings (SSSR count). The highest BCUT2D eigenvalue weighted by Crippen LogP contribution is 2.37. The Hall–Kier alpha value is -1.51. The lowest BCUT2D eigenvalue weighted by atomic mass is 10.1. The molecule has 0 unspecified atom stereocenters. The van der Waals surface area contributed by atoms with Crippen LogP contribution in [0.2, 0.25) is 0 Å². The molecule has 83 valence electrons. The van der Waals surface area contributed by atoms with Crippen LogP contribution < -0.4 is 4.90 Å². The maximum absolute atomic E-state index is 13.0. The highest BCUT2D eigenvalue weighted by atomic mass is 19.1. The lowest BCUT2D eigenvalue weighted by Crippen LogP contribution is -2.24. The summed E-state index contributed by atoms with van der Waals surface area (Å²) in [5.74, 6) is 0.451. The van der Waals surface area contributed by atoms with Gasteiger partial charge >= 0.3 is 0 Å². The largest absolute Gasteiger partial charge is 0.459 e. The van der Waals surface area contributed by atoms with Crippen LogP contribution in [0, 0.1) is 12.4 Å². The zero-order valence-corrected chi connectivity index (χ0v) is 8.95. The van der Waals surface area contributed by atoms with Crippen LogP contribution in [0.15, 0.2) is 28.9 Å². The van der Waals surface area contributed by atoms with E-state index in [-0.39, 0.29) is 5.82 Å². The molecule has 0 N–H and O–H groups in total.